The standard InChI is InChI=1S/C11H13N3O2S/c1-6-3-4-7(17-2)9(10(6)15)11-13-8(5-12)16-14-11/h3-4,15H,5,12H2,1-2H3. The van der Waals surface area contributed by atoms with Crippen molar-refractivity contribution in [2.45, 2.75) is 18.4 Å². The van der Waals surface area contributed by atoms with Crippen LogP contribution in [0.4, 0.5) is 0 Å². The topological polar surface area (TPSA) is 85.2 Å². The van der Waals surface area contributed by atoms with Gasteiger partial charge in [0.25, 0.3) is 0 Å². The molecule has 0 aliphatic heterocycles. The lowest BCUT2D eigenvalue weighted by molar-refractivity contribution is 0.380. The van der Waals surface area contributed by atoms with Crippen LogP contribution in [0.1, 0.15) is 11.5 Å². The van der Waals surface area contributed by atoms with E-state index in [1.807, 2.05) is 25.3 Å². The minimum Gasteiger partial charge on any atom is -0.507 e. The molecular formula is C11H13N3O2S. The minimum absolute atomic E-state index is 0.182. The summed E-state index contributed by atoms with van der Waals surface area (Å²) in [6, 6.07) is 3.78. The first-order valence-corrected chi connectivity index (χ1v) is 6.29. The molecule has 90 valence electrons. The van der Waals surface area contributed by atoms with E-state index < -0.39 is 0 Å². The molecule has 1 aromatic heterocycles. The van der Waals surface area contributed by atoms with Gasteiger partial charge in [0.15, 0.2) is 0 Å². The van der Waals surface area contributed by atoms with Crippen LogP contribution in [0.5, 0.6) is 5.75 Å². The fourth-order valence-corrected chi connectivity index (χ4v) is 2.10. The van der Waals surface area contributed by atoms with Crippen molar-refractivity contribution in [1.82, 2.24) is 10.1 Å². The SMILES string of the molecule is CSc1ccc(C)c(O)c1-c1noc(CN)n1. The Morgan fingerprint density at radius 1 is 1.47 bits per heavy atom. The summed E-state index contributed by atoms with van der Waals surface area (Å²) in [7, 11) is 0. The van der Waals surface area contributed by atoms with Gasteiger partial charge in [-0.2, -0.15) is 4.98 Å². The first-order valence-electron chi connectivity index (χ1n) is 5.07. The number of aryl methyl sites for hydroxylation is 1. The third-order valence-electron chi connectivity index (χ3n) is 2.43. The molecule has 5 nitrogen and oxygen atoms in total. The Kier molecular flexibility index (Phi) is 3.35. The molecular weight excluding hydrogens is 238 g/mol. The summed E-state index contributed by atoms with van der Waals surface area (Å²) in [4.78, 5) is 5.03. The number of nitrogens with two attached hydrogens (primary N) is 1. The van der Waals surface area contributed by atoms with Gasteiger partial charge in [-0.25, -0.2) is 0 Å². The van der Waals surface area contributed by atoms with Gasteiger partial charge in [0.05, 0.1) is 12.1 Å². The Morgan fingerprint density at radius 3 is 2.82 bits per heavy atom. The predicted octanol–water partition coefficient (Wildman–Crippen LogP) is 1.93. The molecule has 0 saturated carbocycles. The highest BCUT2D eigenvalue weighted by atomic mass is 32.2. The predicted molar refractivity (Wildman–Crippen MR) is 65.8 cm³/mol. The van der Waals surface area contributed by atoms with Crippen molar-refractivity contribution in [1.29, 1.82) is 0 Å². The van der Waals surface area contributed by atoms with Gasteiger partial charge in [0.1, 0.15) is 5.75 Å². The number of aromatic hydroxyl groups is 1. The molecule has 1 heterocycles. The Morgan fingerprint density at radius 2 is 2.24 bits per heavy atom. The van der Waals surface area contributed by atoms with Gasteiger partial charge >= 0.3 is 0 Å². The lowest BCUT2D eigenvalue weighted by Gasteiger charge is -2.08. The number of aromatic nitrogens is 2. The van der Waals surface area contributed by atoms with Crippen LogP contribution in [0, 0.1) is 6.92 Å². The summed E-state index contributed by atoms with van der Waals surface area (Å²) in [6.45, 7) is 2.01. The average molecular weight is 251 g/mol. The summed E-state index contributed by atoms with van der Waals surface area (Å²) in [5, 5.41) is 13.9. The van der Waals surface area contributed by atoms with Crippen LogP contribution in [0.3, 0.4) is 0 Å². The van der Waals surface area contributed by atoms with Gasteiger partial charge in [0.2, 0.25) is 11.7 Å². The van der Waals surface area contributed by atoms with E-state index in [9.17, 15) is 5.11 Å². The van der Waals surface area contributed by atoms with Crippen molar-refractivity contribution in [3.05, 3.63) is 23.6 Å². The van der Waals surface area contributed by atoms with Gasteiger partial charge in [0, 0.05) is 4.90 Å². The van der Waals surface area contributed by atoms with E-state index in [2.05, 4.69) is 10.1 Å². The highest BCUT2D eigenvalue weighted by molar-refractivity contribution is 7.98. The number of rotatable bonds is 3. The fourth-order valence-electron chi connectivity index (χ4n) is 1.50. The largest absolute Gasteiger partial charge is 0.507 e. The van der Waals surface area contributed by atoms with Crippen molar-refractivity contribution in [3.63, 3.8) is 0 Å². The number of phenols is 1. The van der Waals surface area contributed by atoms with Crippen molar-refractivity contribution in [2.75, 3.05) is 6.26 Å². The molecule has 6 heteroatoms. The van der Waals surface area contributed by atoms with E-state index in [1.54, 1.807) is 0 Å². The molecule has 0 spiro atoms. The van der Waals surface area contributed by atoms with Crippen molar-refractivity contribution in [3.8, 4) is 17.1 Å². The second-order valence-electron chi connectivity index (χ2n) is 3.52. The molecule has 1 aromatic carbocycles. The van der Waals surface area contributed by atoms with Gasteiger partial charge < -0.3 is 15.4 Å². The summed E-state index contributed by atoms with van der Waals surface area (Å²) < 4.78 is 4.96. The van der Waals surface area contributed by atoms with Gasteiger partial charge in [-0.3, -0.25) is 0 Å². The Labute approximate surface area is 103 Å². The molecule has 17 heavy (non-hydrogen) atoms. The molecule has 0 fully saturated rings. The van der Waals surface area contributed by atoms with Crippen LogP contribution in [0.25, 0.3) is 11.4 Å². The third-order valence-corrected chi connectivity index (χ3v) is 3.21. The summed E-state index contributed by atoms with van der Waals surface area (Å²) in [6.07, 6.45) is 1.93. The van der Waals surface area contributed by atoms with E-state index in [0.717, 1.165) is 10.5 Å². The Hall–Kier alpha value is -1.53. The Bertz CT molecular complexity index is 540. The second kappa shape index (κ2) is 4.77. The zero-order chi connectivity index (χ0) is 12.4. The monoisotopic (exact) mass is 251 g/mol. The number of phenolic OH excluding ortho intramolecular Hbond substituents is 1. The number of nitrogens with zero attached hydrogens (tertiary/aromatic N) is 2. The van der Waals surface area contributed by atoms with Gasteiger partial charge in [-0.15, -0.1) is 11.8 Å². The molecule has 0 aliphatic rings. The van der Waals surface area contributed by atoms with Crippen LogP contribution >= 0.6 is 11.8 Å². The Balaban J connectivity index is 2.60. The molecule has 0 atom stereocenters. The normalized spacial score (nSPS) is 10.8. The molecule has 2 aromatic rings. The van der Waals surface area contributed by atoms with Crippen molar-refractivity contribution < 1.29 is 9.63 Å². The highest BCUT2D eigenvalue weighted by Crippen LogP contribution is 2.37. The highest BCUT2D eigenvalue weighted by Gasteiger charge is 2.17. The lowest BCUT2D eigenvalue weighted by Crippen LogP contribution is -1.96. The number of hydrogen-bond acceptors (Lipinski definition) is 6. The van der Waals surface area contributed by atoms with Gasteiger partial charge in [-0.1, -0.05) is 11.2 Å². The third kappa shape index (κ3) is 2.13. The molecule has 0 bridgehead atoms. The minimum atomic E-state index is 0.182. The molecule has 2 rings (SSSR count). The molecule has 0 amide bonds. The first-order chi connectivity index (χ1) is 8.17. The van der Waals surface area contributed by atoms with E-state index in [0.29, 0.717) is 17.3 Å². The quantitative estimate of drug-likeness (QED) is 0.811. The fraction of sp³-hybridized carbons (Fsp3) is 0.273. The van der Waals surface area contributed by atoms with E-state index in [1.165, 1.54) is 11.8 Å². The number of benzene rings is 1. The smallest absolute Gasteiger partial charge is 0.240 e. The summed E-state index contributed by atoms with van der Waals surface area (Å²) >= 11 is 1.52. The maximum atomic E-state index is 10.1. The summed E-state index contributed by atoms with van der Waals surface area (Å²) in [5.41, 5.74) is 6.79. The summed E-state index contributed by atoms with van der Waals surface area (Å²) in [5.74, 6) is 0.908. The van der Waals surface area contributed by atoms with Crippen molar-refractivity contribution >= 4 is 11.8 Å². The molecule has 0 radical (unpaired) electrons. The average Bonchev–Trinajstić information content (AvgIpc) is 2.80. The van der Waals surface area contributed by atoms with E-state index in [-0.39, 0.29) is 12.3 Å². The molecule has 0 unspecified atom stereocenters. The second-order valence-corrected chi connectivity index (χ2v) is 4.37. The van der Waals surface area contributed by atoms with Gasteiger partial charge in [-0.05, 0) is 24.8 Å². The number of thioether (sulfide) groups is 1. The molecule has 0 saturated heterocycles. The van der Waals surface area contributed by atoms with E-state index in [4.69, 9.17) is 10.3 Å². The maximum absolute atomic E-state index is 10.1. The zero-order valence-corrected chi connectivity index (χ0v) is 10.4. The van der Waals surface area contributed by atoms with E-state index >= 15 is 0 Å². The first kappa shape index (κ1) is 11.9. The zero-order valence-electron chi connectivity index (χ0n) is 9.60. The van der Waals surface area contributed by atoms with Crippen LogP contribution in [-0.4, -0.2) is 21.5 Å². The number of hydrogen-bond donors (Lipinski definition) is 2. The lowest BCUT2D eigenvalue weighted by atomic mass is 10.1. The molecule has 0 aliphatic carbocycles. The molecule has 3 N–H and O–H groups in total. The maximum Gasteiger partial charge on any atom is 0.240 e. The van der Waals surface area contributed by atoms with Crippen LogP contribution in [-0.2, 0) is 6.54 Å². The van der Waals surface area contributed by atoms with Crippen molar-refractivity contribution in [2.24, 2.45) is 5.73 Å². The van der Waals surface area contributed by atoms with Crippen LogP contribution in [0.2, 0.25) is 0 Å². The van der Waals surface area contributed by atoms with Crippen LogP contribution < -0.4 is 5.73 Å². The van der Waals surface area contributed by atoms with Crippen LogP contribution in [0.15, 0.2) is 21.6 Å².